The van der Waals surface area contributed by atoms with Crippen LogP contribution in [0.4, 0.5) is 13.2 Å². The summed E-state index contributed by atoms with van der Waals surface area (Å²) >= 11 is 1.26. The van der Waals surface area contributed by atoms with Crippen molar-refractivity contribution in [1.29, 1.82) is 0 Å². The van der Waals surface area contributed by atoms with E-state index in [-0.39, 0.29) is 29.2 Å². The topological polar surface area (TPSA) is 45.2 Å². The number of nitrogens with one attached hydrogen (secondary N) is 1. The molecular weight excluding hydrogens is 375 g/mol. The van der Waals surface area contributed by atoms with Crippen molar-refractivity contribution >= 4 is 27.3 Å². The van der Waals surface area contributed by atoms with E-state index >= 15 is 0 Å². The lowest BCUT2D eigenvalue weighted by Crippen LogP contribution is -2.62. The Kier molecular flexibility index (Phi) is 4.60. The maximum atomic E-state index is 12.7. The smallest absolute Gasteiger partial charge is 0.346 e. The molecule has 3 saturated heterocycles. The van der Waals surface area contributed by atoms with Crippen molar-refractivity contribution < 1.29 is 18.0 Å². The summed E-state index contributed by atoms with van der Waals surface area (Å²) in [7, 11) is 0. The molecule has 1 N–H and O–H groups in total. The molecule has 0 saturated carbocycles. The zero-order chi connectivity index (χ0) is 19.2. The molecule has 2 bridgehead atoms. The predicted octanol–water partition coefficient (Wildman–Crippen LogP) is 3.42. The highest BCUT2D eigenvalue weighted by Gasteiger charge is 2.40. The molecule has 0 radical (unpaired) electrons. The summed E-state index contributed by atoms with van der Waals surface area (Å²) in [5, 5.41) is 5.18. The number of piperidine rings is 3. The molecule has 5 heterocycles. The lowest BCUT2D eigenvalue weighted by molar-refractivity contribution is -0.0696. The van der Waals surface area contributed by atoms with Gasteiger partial charge in [-0.1, -0.05) is 5.92 Å². The Bertz CT molecular complexity index is 933. The first kappa shape index (κ1) is 18.3. The fourth-order valence-corrected chi connectivity index (χ4v) is 4.90. The summed E-state index contributed by atoms with van der Waals surface area (Å²) in [5.41, 5.74) is 0.472. The Labute approximate surface area is 158 Å². The molecule has 0 aromatic carbocycles. The molecule has 4 nitrogen and oxygen atoms in total. The lowest BCUT2D eigenvalue weighted by Gasteiger charge is -2.49. The summed E-state index contributed by atoms with van der Waals surface area (Å²) in [5.74, 6) is 3.61. The number of nitrogens with zero attached hydrogens (tertiary/aromatic N) is 2. The van der Waals surface area contributed by atoms with Gasteiger partial charge in [0.05, 0.1) is 4.70 Å². The third-order valence-electron chi connectivity index (χ3n) is 5.51. The van der Waals surface area contributed by atoms with E-state index in [1.54, 1.807) is 5.38 Å². The SMILES string of the molecule is C[C@H]1[C@H](NC(=O)c2cc3c(C#CC(F)(F)F)csc3cn2)C2CCN1CC2. The van der Waals surface area contributed by atoms with Gasteiger partial charge in [-0.25, -0.2) is 4.98 Å². The van der Waals surface area contributed by atoms with Crippen molar-refractivity contribution in [2.24, 2.45) is 5.92 Å². The number of carbonyl (C=O) groups excluding carboxylic acids is 1. The zero-order valence-corrected chi connectivity index (χ0v) is 15.5. The number of halogens is 3. The van der Waals surface area contributed by atoms with Crippen LogP contribution >= 0.6 is 11.3 Å². The molecule has 2 aromatic rings. The molecule has 0 spiro atoms. The van der Waals surface area contributed by atoms with Crippen LogP contribution in [0.15, 0.2) is 17.6 Å². The average Bonchev–Trinajstić information content (AvgIpc) is 3.05. The molecule has 0 aliphatic carbocycles. The van der Waals surface area contributed by atoms with E-state index in [1.807, 2.05) is 0 Å². The predicted molar refractivity (Wildman–Crippen MR) is 97.6 cm³/mol. The van der Waals surface area contributed by atoms with E-state index in [4.69, 9.17) is 0 Å². The molecular formula is C19H18F3N3OS. The summed E-state index contributed by atoms with van der Waals surface area (Å²) < 4.78 is 37.8. The zero-order valence-electron chi connectivity index (χ0n) is 14.6. The van der Waals surface area contributed by atoms with Crippen LogP contribution < -0.4 is 5.32 Å². The molecule has 3 aliphatic heterocycles. The molecule has 5 rings (SSSR count). The standard InChI is InChI=1S/C19H18F3N3OS/c1-11-17(12-3-6-25(11)7-4-12)24-18(26)15-8-14-13(2-5-19(20,21)22)10-27-16(14)9-23-15/h8-12,17H,3-4,6-7H2,1H3,(H,24,26)/t11-,17-/m0/s1. The number of aromatic nitrogens is 1. The normalized spacial score (nSPS) is 27.3. The quantitative estimate of drug-likeness (QED) is 0.796. The summed E-state index contributed by atoms with van der Waals surface area (Å²) in [6.45, 7) is 4.26. The van der Waals surface area contributed by atoms with Crippen molar-refractivity contribution in [3.63, 3.8) is 0 Å². The van der Waals surface area contributed by atoms with E-state index in [0.29, 0.717) is 16.0 Å². The van der Waals surface area contributed by atoms with E-state index in [2.05, 4.69) is 28.0 Å². The first-order valence-electron chi connectivity index (χ1n) is 8.84. The Morgan fingerprint density at radius 3 is 2.78 bits per heavy atom. The van der Waals surface area contributed by atoms with Gasteiger partial charge in [0, 0.05) is 40.5 Å². The van der Waals surface area contributed by atoms with E-state index in [0.717, 1.165) is 25.9 Å². The number of hydrogen-bond donors (Lipinski definition) is 1. The van der Waals surface area contributed by atoms with E-state index < -0.39 is 6.18 Å². The third-order valence-corrected chi connectivity index (χ3v) is 6.44. The minimum atomic E-state index is -4.55. The van der Waals surface area contributed by atoms with Gasteiger partial charge in [0.1, 0.15) is 5.69 Å². The van der Waals surface area contributed by atoms with Crippen molar-refractivity contribution in [3.05, 3.63) is 28.9 Å². The Morgan fingerprint density at radius 1 is 1.37 bits per heavy atom. The monoisotopic (exact) mass is 393 g/mol. The van der Waals surface area contributed by atoms with Crippen LogP contribution in [-0.2, 0) is 0 Å². The highest BCUT2D eigenvalue weighted by molar-refractivity contribution is 7.17. The number of amides is 1. The van der Waals surface area contributed by atoms with Crippen LogP contribution in [0.5, 0.6) is 0 Å². The van der Waals surface area contributed by atoms with E-state index in [1.165, 1.54) is 29.5 Å². The van der Waals surface area contributed by atoms with Crippen LogP contribution in [0, 0.1) is 17.8 Å². The van der Waals surface area contributed by atoms with Crippen molar-refractivity contribution in [2.75, 3.05) is 13.1 Å². The van der Waals surface area contributed by atoms with Gasteiger partial charge in [-0.05, 0) is 44.8 Å². The Balaban J connectivity index is 1.58. The fourth-order valence-electron chi connectivity index (χ4n) is 4.06. The molecule has 3 aliphatic rings. The van der Waals surface area contributed by atoms with Gasteiger partial charge in [0.15, 0.2) is 0 Å². The van der Waals surface area contributed by atoms with Crippen molar-refractivity contribution in [2.45, 2.75) is 38.0 Å². The molecule has 27 heavy (non-hydrogen) atoms. The fraction of sp³-hybridized carbons (Fsp3) is 0.474. The number of pyridine rings is 1. The number of hydrogen-bond acceptors (Lipinski definition) is 4. The van der Waals surface area contributed by atoms with Crippen LogP contribution in [0.3, 0.4) is 0 Å². The number of fused-ring (bicyclic) bond motifs is 4. The second-order valence-corrected chi connectivity index (χ2v) is 7.99. The molecule has 142 valence electrons. The number of thiophene rings is 1. The van der Waals surface area contributed by atoms with Crippen LogP contribution in [-0.4, -0.2) is 47.1 Å². The molecule has 0 unspecified atom stereocenters. The van der Waals surface area contributed by atoms with Crippen LogP contribution in [0.25, 0.3) is 10.1 Å². The number of alkyl halides is 3. The molecule has 3 fully saturated rings. The first-order valence-corrected chi connectivity index (χ1v) is 9.72. The molecule has 1 amide bonds. The van der Waals surface area contributed by atoms with Gasteiger partial charge in [0.25, 0.3) is 5.91 Å². The van der Waals surface area contributed by atoms with Gasteiger partial charge in [-0.15, -0.1) is 11.3 Å². The maximum Gasteiger partial charge on any atom is 0.458 e. The van der Waals surface area contributed by atoms with Crippen LogP contribution in [0.2, 0.25) is 0 Å². The molecule has 2 aromatic heterocycles. The highest BCUT2D eigenvalue weighted by atomic mass is 32.1. The van der Waals surface area contributed by atoms with Gasteiger partial charge in [-0.2, -0.15) is 13.2 Å². The summed E-state index contributed by atoms with van der Waals surface area (Å²) in [6, 6.07) is 1.89. The van der Waals surface area contributed by atoms with Crippen molar-refractivity contribution in [3.8, 4) is 11.8 Å². The Morgan fingerprint density at radius 2 is 2.11 bits per heavy atom. The molecule has 2 atom stereocenters. The maximum absolute atomic E-state index is 12.7. The van der Waals surface area contributed by atoms with Gasteiger partial charge in [0.2, 0.25) is 0 Å². The van der Waals surface area contributed by atoms with Gasteiger partial charge in [-0.3, -0.25) is 9.69 Å². The largest absolute Gasteiger partial charge is 0.458 e. The lowest BCUT2D eigenvalue weighted by atomic mass is 9.79. The van der Waals surface area contributed by atoms with E-state index in [9.17, 15) is 18.0 Å². The first-order chi connectivity index (χ1) is 12.8. The summed E-state index contributed by atoms with van der Waals surface area (Å²) in [6.07, 6.45) is -0.881. The van der Waals surface area contributed by atoms with Gasteiger partial charge < -0.3 is 5.32 Å². The average molecular weight is 393 g/mol. The minimum absolute atomic E-state index is 0.0736. The Hall–Kier alpha value is -2.11. The second-order valence-electron chi connectivity index (χ2n) is 7.08. The van der Waals surface area contributed by atoms with Crippen LogP contribution in [0.1, 0.15) is 35.8 Å². The van der Waals surface area contributed by atoms with Gasteiger partial charge >= 0.3 is 6.18 Å². The number of rotatable bonds is 2. The number of carbonyl (C=O) groups is 1. The minimum Gasteiger partial charge on any atom is -0.346 e. The van der Waals surface area contributed by atoms with Crippen molar-refractivity contribution in [1.82, 2.24) is 15.2 Å². The molecule has 8 heteroatoms. The summed E-state index contributed by atoms with van der Waals surface area (Å²) in [4.78, 5) is 19.3. The highest BCUT2D eigenvalue weighted by Crippen LogP contribution is 2.32. The second kappa shape index (κ2) is 6.80. The third kappa shape index (κ3) is 3.66.